The van der Waals surface area contributed by atoms with E-state index in [2.05, 4.69) is 42.3 Å². The van der Waals surface area contributed by atoms with Gasteiger partial charge >= 0.3 is 0 Å². The topological polar surface area (TPSA) is 59.8 Å². The van der Waals surface area contributed by atoms with E-state index in [1.54, 1.807) is 11.8 Å². The Kier molecular flexibility index (Phi) is 7.14. The predicted octanol–water partition coefficient (Wildman–Crippen LogP) is 4.17. The van der Waals surface area contributed by atoms with E-state index in [9.17, 15) is 4.79 Å². The molecule has 3 rings (SSSR count). The van der Waals surface area contributed by atoms with E-state index in [0.717, 1.165) is 33.9 Å². The third-order valence-electron chi connectivity index (χ3n) is 4.78. The van der Waals surface area contributed by atoms with Crippen LogP contribution in [-0.2, 0) is 17.6 Å². The lowest BCUT2D eigenvalue weighted by molar-refractivity contribution is -0.120. The van der Waals surface area contributed by atoms with E-state index >= 15 is 0 Å². The zero-order chi connectivity index (χ0) is 18.4. The molecule has 140 valence electrons. The van der Waals surface area contributed by atoms with Crippen molar-refractivity contribution < 1.29 is 4.79 Å². The van der Waals surface area contributed by atoms with Gasteiger partial charge in [0.1, 0.15) is 5.82 Å². The number of thioether (sulfide) groups is 1. The van der Waals surface area contributed by atoms with Crippen molar-refractivity contribution in [2.45, 2.75) is 56.1 Å². The zero-order valence-corrected chi connectivity index (χ0v) is 17.5. The number of nitrogens with zero attached hydrogens (tertiary/aromatic N) is 3. The monoisotopic (exact) mass is 436 g/mol. The third-order valence-corrected chi connectivity index (χ3v) is 5.96. The SMILES string of the molecule is CSc1nnc(CCCNC(=O)Cc2ccc(Br)cc2)n1C1CCCC1. The average Bonchev–Trinajstić information content (AvgIpc) is 3.29. The largest absolute Gasteiger partial charge is 0.356 e. The number of amides is 1. The van der Waals surface area contributed by atoms with Crippen molar-refractivity contribution in [3.8, 4) is 0 Å². The summed E-state index contributed by atoms with van der Waals surface area (Å²) in [7, 11) is 0. The van der Waals surface area contributed by atoms with Crippen LogP contribution in [0.2, 0.25) is 0 Å². The lowest BCUT2D eigenvalue weighted by atomic mass is 10.1. The van der Waals surface area contributed by atoms with E-state index in [1.807, 2.05) is 24.3 Å². The van der Waals surface area contributed by atoms with Gasteiger partial charge in [0.05, 0.1) is 6.42 Å². The van der Waals surface area contributed by atoms with Gasteiger partial charge in [-0.25, -0.2) is 0 Å². The molecule has 0 spiro atoms. The third kappa shape index (κ3) is 5.10. The summed E-state index contributed by atoms with van der Waals surface area (Å²) in [6.07, 6.45) is 9.24. The number of carbonyl (C=O) groups is 1. The molecule has 1 aliphatic rings. The van der Waals surface area contributed by atoms with Crippen molar-refractivity contribution in [1.82, 2.24) is 20.1 Å². The highest BCUT2D eigenvalue weighted by Gasteiger charge is 2.23. The van der Waals surface area contributed by atoms with Crippen LogP contribution in [0.4, 0.5) is 0 Å². The minimum absolute atomic E-state index is 0.0642. The van der Waals surface area contributed by atoms with Crippen LogP contribution in [0.15, 0.2) is 33.9 Å². The fourth-order valence-corrected chi connectivity index (χ4v) is 4.31. The first-order valence-electron chi connectivity index (χ1n) is 9.16. The van der Waals surface area contributed by atoms with Gasteiger partial charge in [0.15, 0.2) is 5.16 Å². The molecule has 1 fully saturated rings. The van der Waals surface area contributed by atoms with E-state index in [4.69, 9.17) is 0 Å². The number of carbonyl (C=O) groups excluding carboxylic acids is 1. The predicted molar refractivity (Wildman–Crippen MR) is 108 cm³/mol. The minimum atomic E-state index is 0.0642. The van der Waals surface area contributed by atoms with Gasteiger partial charge in [-0.3, -0.25) is 4.79 Å². The standard InChI is InChI=1S/C19H25BrN4OS/c1-26-19-23-22-17(24(19)16-5-2-3-6-16)7-4-12-21-18(25)13-14-8-10-15(20)11-9-14/h8-11,16H,2-7,12-13H2,1H3,(H,21,25). The van der Waals surface area contributed by atoms with Gasteiger partial charge in [-0.05, 0) is 43.2 Å². The number of rotatable bonds is 8. The van der Waals surface area contributed by atoms with Crippen LogP contribution in [0.25, 0.3) is 0 Å². The molecule has 7 heteroatoms. The summed E-state index contributed by atoms with van der Waals surface area (Å²) in [5.41, 5.74) is 1.02. The normalized spacial score (nSPS) is 14.7. The molecular formula is C19H25BrN4OS. The van der Waals surface area contributed by atoms with E-state index in [-0.39, 0.29) is 5.91 Å². The molecule has 1 heterocycles. The average molecular weight is 437 g/mol. The first-order valence-corrected chi connectivity index (χ1v) is 11.2. The smallest absolute Gasteiger partial charge is 0.224 e. The van der Waals surface area contributed by atoms with E-state index < -0.39 is 0 Å². The summed E-state index contributed by atoms with van der Waals surface area (Å²) in [5, 5.41) is 12.8. The van der Waals surface area contributed by atoms with Crippen molar-refractivity contribution in [2.75, 3.05) is 12.8 Å². The Bertz CT molecular complexity index is 726. The first kappa shape index (κ1) is 19.4. The number of nitrogens with one attached hydrogen (secondary N) is 1. The molecule has 0 radical (unpaired) electrons. The first-order chi connectivity index (χ1) is 12.7. The van der Waals surface area contributed by atoms with Crippen molar-refractivity contribution >= 4 is 33.6 Å². The maximum Gasteiger partial charge on any atom is 0.224 e. The molecule has 1 N–H and O–H groups in total. The molecule has 0 saturated heterocycles. The van der Waals surface area contributed by atoms with E-state index in [0.29, 0.717) is 19.0 Å². The maximum absolute atomic E-state index is 12.1. The summed E-state index contributed by atoms with van der Waals surface area (Å²) in [6, 6.07) is 8.41. The van der Waals surface area contributed by atoms with Crippen LogP contribution in [-0.4, -0.2) is 33.5 Å². The number of benzene rings is 1. The van der Waals surface area contributed by atoms with Crippen molar-refractivity contribution in [3.05, 3.63) is 40.1 Å². The fraction of sp³-hybridized carbons (Fsp3) is 0.526. The highest BCUT2D eigenvalue weighted by Crippen LogP contribution is 2.33. The highest BCUT2D eigenvalue weighted by molar-refractivity contribution is 9.10. The van der Waals surface area contributed by atoms with Gasteiger partial charge < -0.3 is 9.88 Å². The summed E-state index contributed by atoms with van der Waals surface area (Å²) >= 11 is 5.07. The molecular weight excluding hydrogens is 412 g/mol. The van der Waals surface area contributed by atoms with Gasteiger partial charge in [0.2, 0.25) is 5.91 Å². The summed E-state index contributed by atoms with van der Waals surface area (Å²) in [5.74, 6) is 1.12. The quantitative estimate of drug-likeness (QED) is 0.498. The van der Waals surface area contributed by atoms with Gasteiger partial charge in [-0.2, -0.15) is 0 Å². The van der Waals surface area contributed by atoms with Gasteiger partial charge in [0.25, 0.3) is 0 Å². The van der Waals surface area contributed by atoms with E-state index in [1.165, 1.54) is 25.7 Å². The minimum Gasteiger partial charge on any atom is -0.356 e. The second-order valence-corrected chi connectivity index (χ2v) is 8.36. The second-order valence-electron chi connectivity index (χ2n) is 6.67. The Labute approximate surface area is 167 Å². The molecule has 1 saturated carbocycles. The van der Waals surface area contributed by atoms with Gasteiger partial charge in [0, 0.05) is 23.5 Å². The highest BCUT2D eigenvalue weighted by atomic mass is 79.9. The van der Waals surface area contributed by atoms with Crippen LogP contribution in [0, 0.1) is 0 Å². The zero-order valence-electron chi connectivity index (χ0n) is 15.1. The van der Waals surface area contributed by atoms with Crippen LogP contribution in [0.5, 0.6) is 0 Å². The molecule has 5 nitrogen and oxygen atoms in total. The van der Waals surface area contributed by atoms with Crippen LogP contribution >= 0.6 is 27.7 Å². The Balaban J connectivity index is 1.47. The summed E-state index contributed by atoms with van der Waals surface area (Å²) in [4.78, 5) is 12.1. The molecule has 2 aromatic rings. The van der Waals surface area contributed by atoms with Crippen LogP contribution in [0.1, 0.15) is 49.5 Å². The maximum atomic E-state index is 12.1. The molecule has 0 bridgehead atoms. The summed E-state index contributed by atoms with van der Waals surface area (Å²) in [6.45, 7) is 0.668. The molecule has 0 aliphatic heterocycles. The Morgan fingerprint density at radius 2 is 2.00 bits per heavy atom. The molecule has 26 heavy (non-hydrogen) atoms. The number of aromatic nitrogens is 3. The Morgan fingerprint density at radius 3 is 2.69 bits per heavy atom. The lowest BCUT2D eigenvalue weighted by Gasteiger charge is -2.16. The number of hydrogen-bond acceptors (Lipinski definition) is 4. The molecule has 1 amide bonds. The van der Waals surface area contributed by atoms with Crippen molar-refractivity contribution in [3.63, 3.8) is 0 Å². The molecule has 1 aromatic heterocycles. The second kappa shape index (κ2) is 9.55. The Morgan fingerprint density at radius 1 is 1.27 bits per heavy atom. The molecule has 1 aromatic carbocycles. The number of hydrogen-bond donors (Lipinski definition) is 1. The number of halogens is 1. The van der Waals surface area contributed by atoms with Crippen molar-refractivity contribution in [1.29, 1.82) is 0 Å². The molecule has 0 unspecified atom stereocenters. The van der Waals surface area contributed by atoms with Crippen LogP contribution < -0.4 is 5.32 Å². The summed E-state index contributed by atoms with van der Waals surface area (Å²) < 4.78 is 3.36. The number of aryl methyl sites for hydroxylation is 1. The van der Waals surface area contributed by atoms with Crippen LogP contribution in [0.3, 0.4) is 0 Å². The molecule has 1 aliphatic carbocycles. The Hall–Kier alpha value is -1.34. The fourth-order valence-electron chi connectivity index (χ4n) is 3.47. The molecule has 0 atom stereocenters. The van der Waals surface area contributed by atoms with Crippen molar-refractivity contribution in [2.24, 2.45) is 0 Å². The van der Waals surface area contributed by atoms with Gasteiger partial charge in [-0.15, -0.1) is 10.2 Å². The van der Waals surface area contributed by atoms with Gasteiger partial charge in [-0.1, -0.05) is 52.7 Å². The lowest BCUT2D eigenvalue weighted by Crippen LogP contribution is -2.26.